The Labute approximate surface area is 72.3 Å². The van der Waals surface area contributed by atoms with E-state index >= 15 is 0 Å². The molecule has 0 spiro atoms. The number of hydrogen-bond donors (Lipinski definition) is 0. The van der Waals surface area contributed by atoms with E-state index in [9.17, 15) is 0 Å². The van der Waals surface area contributed by atoms with Crippen LogP contribution in [0.1, 0.15) is 25.7 Å². The van der Waals surface area contributed by atoms with Crippen molar-refractivity contribution in [3.8, 4) is 0 Å². The van der Waals surface area contributed by atoms with E-state index < -0.39 is 0 Å². The van der Waals surface area contributed by atoms with Crippen LogP contribution in [0.4, 0.5) is 0 Å². The van der Waals surface area contributed by atoms with Gasteiger partial charge >= 0.3 is 0 Å². The Morgan fingerprint density at radius 3 is 2.45 bits per heavy atom. The molecule has 0 aromatic rings. The van der Waals surface area contributed by atoms with E-state index in [1.54, 1.807) is 0 Å². The van der Waals surface area contributed by atoms with Crippen LogP contribution < -0.4 is 0 Å². The van der Waals surface area contributed by atoms with Crippen molar-refractivity contribution in [1.82, 2.24) is 0 Å². The Bertz CT molecular complexity index is 217. The van der Waals surface area contributed by atoms with E-state index in [0.29, 0.717) is 4.87 Å². The summed E-state index contributed by atoms with van der Waals surface area (Å²) < 4.78 is 0. The van der Waals surface area contributed by atoms with Gasteiger partial charge in [-0.15, -0.1) is 11.6 Å². The summed E-state index contributed by atoms with van der Waals surface area (Å²) in [5.41, 5.74) is 0. The second kappa shape index (κ2) is 1.35. The summed E-state index contributed by atoms with van der Waals surface area (Å²) in [4.78, 5) is 0.303. The molecule has 2 bridgehead atoms. The van der Waals surface area contributed by atoms with Gasteiger partial charge < -0.3 is 0 Å². The molecule has 0 aromatic heterocycles. The molecule has 5 fully saturated rings. The van der Waals surface area contributed by atoms with Crippen LogP contribution in [-0.4, -0.2) is 4.87 Å². The molecule has 11 heavy (non-hydrogen) atoms. The van der Waals surface area contributed by atoms with Gasteiger partial charge in [0, 0.05) is 18.3 Å². The maximum Gasteiger partial charge on any atom is 0.106 e. The van der Waals surface area contributed by atoms with Gasteiger partial charge in [0.05, 0.1) is 17.2 Å². The fourth-order valence-corrected chi connectivity index (χ4v) is 4.47. The van der Waals surface area contributed by atoms with E-state index in [1.807, 2.05) is 5.92 Å². The Kier molecular flexibility index (Phi) is 0.703. The summed E-state index contributed by atoms with van der Waals surface area (Å²) in [6.07, 6.45) is 5.59. The number of alkyl halides is 1. The van der Waals surface area contributed by atoms with Crippen LogP contribution in [0.15, 0.2) is 0 Å². The third kappa shape index (κ3) is 0.465. The Morgan fingerprint density at radius 1 is 1.18 bits per heavy atom. The van der Waals surface area contributed by atoms with Crippen molar-refractivity contribution in [3.63, 3.8) is 0 Å². The molecular formula is C10H12Cl+. The van der Waals surface area contributed by atoms with Crippen LogP contribution in [0.3, 0.4) is 0 Å². The van der Waals surface area contributed by atoms with Gasteiger partial charge in [-0.1, -0.05) is 0 Å². The number of fused-ring (bicyclic) bond motifs is 1. The lowest BCUT2D eigenvalue weighted by Gasteiger charge is -2.34. The molecule has 5 rings (SSSR count). The van der Waals surface area contributed by atoms with Gasteiger partial charge in [-0.05, 0) is 12.8 Å². The molecule has 5 aliphatic rings. The third-order valence-corrected chi connectivity index (χ3v) is 5.31. The highest BCUT2D eigenvalue weighted by atomic mass is 35.5. The van der Waals surface area contributed by atoms with Gasteiger partial charge in [0.2, 0.25) is 0 Å². The molecule has 0 saturated heterocycles. The average molecular weight is 168 g/mol. The highest BCUT2D eigenvalue weighted by Crippen LogP contribution is 2.78. The Hall–Kier alpha value is 0.160. The van der Waals surface area contributed by atoms with Crippen LogP contribution in [0.25, 0.3) is 0 Å². The second-order valence-electron chi connectivity index (χ2n) is 4.90. The molecule has 0 aliphatic heterocycles. The van der Waals surface area contributed by atoms with Crippen LogP contribution in [0.2, 0.25) is 0 Å². The SMILES string of the molecule is ClC12CC[C+]([C@@H]3C[C@@H]31)[C@@H]1C[C@@H]12. The maximum atomic E-state index is 6.67. The van der Waals surface area contributed by atoms with E-state index in [-0.39, 0.29) is 0 Å². The topological polar surface area (TPSA) is 0 Å². The highest BCUT2D eigenvalue weighted by molar-refractivity contribution is 6.25. The fraction of sp³-hybridized carbons (Fsp3) is 0.900. The first-order valence-electron chi connectivity index (χ1n) is 4.85. The molecule has 0 amide bonds. The Morgan fingerprint density at radius 2 is 1.82 bits per heavy atom. The van der Waals surface area contributed by atoms with Gasteiger partial charge in [0.25, 0.3) is 0 Å². The molecule has 58 valence electrons. The van der Waals surface area contributed by atoms with Crippen molar-refractivity contribution in [2.45, 2.75) is 30.6 Å². The quantitative estimate of drug-likeness (QED) is 0.384. The minimum atomic E-state index is 0.303. The van der Waals surface area contributed by atoms with E-state index in [1.165, 1.54) is 25.7 Å². The van der Waals surface area contributed by atoms with E-state index in [2.05, 4.69) is 0 Å². The minimum absolute atomic E-state index is 0.303. The fourth-order valence-electron chi connectivity index (χ4n) is 3.90. The van der Waals surface area contributed by atoms with Gasteiger partial charge in [0.1, 0.15) is 11.8 Å². The summed E-state index contributed by atoms with van der Waals surface area (Å²) >= 11 is 6.67. The van der Waals surface area contributed by atoms with E-state index in [0.717, 1.165) is 23.7 Å². The van der Waals surface area contributed by atoms with Gasteiger partial charge in [-0.2, -0.15) is 0 Å². The van der Waals surface area contributed by atoms with Crippen LogP contribution >= 0.6 is 11.6 Å². The third-order valence-electron chi connectivity index (χ3n) is 4.56. The van der Waals surface area contributed by atoms with Crippen molar-refractivity contribution in [1.29, 1.82) is 0 Å². The molecule has 5 saturated carbocycles. The molecule has 5 aliphatic carbocycles. The molecule has 1 heteroatoms. The zero-order valence-corrected chi connectivity index (χ0v) is 7.27. The molecule has 4 atom stereocenters. The highest BCUT2D eigenvalue weighted by Gasteiger charge is 2.81. The first kappa shape index (κ1) is 5.75. The average Bonchev–Trinajstić information content (AvgIpc) is 2.82. The van der Waals surface area contributed by atoms with Crippen molar-refractivity contribution in [2.24, 2.45) is 23.7 Å². The summed E-state index contributed by atoms with van der Waals surface area (Å²) in [6, 6.07) is 0. The molecule has 0 nitrogen and oxygen atoms in total. The van der Waals surface area contributed by atoms with Crippen molar-refractivity contribution in [2.75, 3.05) is 0 Å². The molecule has 0 radical (unpaired) electrons. The first-order chi connectivity index (χ1) is 5.31. The number of rotatable bonds is 0. The van der Waals surface area contributed by atoms with Crippen LogP contribution in [0.5, 0.6) is 0 Å². The smallest absolute Gasteiger partial charge is 0.106 e. The first-order valence-corrected chi connectivity index (χ1v) is 5.23. The van der Waals surface area contributed by atoms with Gasteiger partial charge in [-0.25, -0.2) is 0 Å². The molecule has 0 unspecified atom stereocenters. The van der Waals surface area contributed by atoms with Crippen molar-refractivity contribution >= 4 is 11.6 Å². The van der Waals surface area contributed by atoms with Crippen LogP contribution in [0, 0.1) is 29.6 Å². The number of hydrogen-bond acceptors (Lipinski definition) is 0. The van der Waals surface area contributed by atoms with Gasteiger partial charge in [-0.3, -0.25) is 0 Å². The number of halogens is 1. The van der Waals surface area contributed by atoms with Crippen molar-refractivity contribution < 1.29 is 0 Å². The molecule has 0 N–H and O–H groups in total. The second-order valence-corrected chi connectivity index (χ2v) is 5.60. The van der Waals surface area contributed by atoms with E-state index in [4.69, 9.17) is 11.6 Å². The zero-order chi connectivity index (χ0) is 7.22. The van der Waals surface area contributed by atoms with Gasteiger partial charge in [0.15, 0.2) is 0 Å². The zero-order valence-electron chi connectivity index (χ0n) is 6.52. The predicted molar refractivity (Wildman–Crippen MR) is 44.3 cm³/mol. The lowest BCUT2D eigenvalue weighted by atomic mass is 9.70. The summed E-state index contributed by atoms with van der Waals surface area (Å²) in [7, 11) is 0. The van der Waals surface area contributed by atoms with Crippen LogP contribution in [-0.2, 0) is 0 Å². The minimum Gasteiger partial charge on any atom is -0.118 e. The summed E-state index contributed by atoms with van der Waals surface area (Å²) in [6.45, 7) is 0. The summed E-state index contributed by atoms with van der Waals surface area (Å²) in [5, 5.41) is 0. The predicted octanol–water partition coefficient (Wildman–Crippen LogP) is 2.62. The largest absolute Gasteiger partial charge is 0.118 e. The summed E-state index contributed by atoms with van der Waals surface area (Å²) in [5.74, 6) is 5.80. The lowest BCUT2D eigenvalue weighted by Crippen LogP contribution is -2.39. The van der Waals surface area contributed by atoms with Crippen molar-refractivity contribution in [3.05, 3.63) is 5.92 Å². The molecule has 0 aromatic carbocycles. The monoisotopic (exact) mass is 167 g/mol. The standard InChI is InChI=1S/C10H12Cl/c11-10-2-1-5(6-3-8(6)10)7-4-9(7)10/h6-9H,1-4H2/q+1/t6-,7-,8-,9-/m0/s1. The molecular weight excluding hydrogens is 156 g/mol. The molecule has 0 heterocycles. The Balaban J connectivity index is 1.88. The maximum absolute atomic E-state index is 6.67. The normalized spacial score (nSPS) is 69.0. The lowest BCUT2D eigenvalue weighted by molar-refractivity contribution is 0.275.